The first-order valence-electron chi connectivity index (χ1n) is 7.73. The predicted octanol–water partition coefficient (Wildman–Crippen LogP) is 2.77. The molecule has 4 unspecified atom stereocenters. The van der Waals surface area contributed by atoms with Crippen molar-refractivity contribution >= 4 is 38.6 Å². The molecule has 24 heavy (non-hydrogen) atoms. The first-order chi connectivity index (χ1) is 11.6. The molecule has 1 saturated carbocycles. The Hall–Kier alpha value is -2.41. The van der Waals surface area contributed by atoms with E-state index < -0.39 is 17.8 Å². The van der Waals surface area contributed by atoms with Crippen molar-refractivity contribution in [1.82, 2.24) is 4.98 Å². The van der Waals surface area contributed by atoms with Gasteiger partial charge in [0.15, 0.2) is 5.13 Å². The van der Waals surface area contributed by atoms with E-state index in [1.165, 1.54) is 11.3 Å². The van der Waals surface area contributed by atoms with Crippen LogP contribution in [0.3, 0.4) is 0 Å². The van der Waals surface area contributed by atoms with Gasteiger partial charge in [-0.2, -0.15) is 0 Å². The highest BCUT2D eigenvalue weighted by atomic mass is 32.1. The molecule has 0 saturated heterocycles. The molecule has 1 heterocycles. The molecule has 2 aliphatic carbocycles. The fourth-order valence-electron chi connectivity index (χ4n) is 3.79. The third kappa shape index (κ3) is 2.36. The molecule has 124 valence electrons. The Bertz CT molecular complexity index is 859. The minimum atomic E-state index is -0.902. The normalized spacial score (nSPS) is 27.5. The van der Waals surface area contributed by atoms with Crippen LogP contribution in [0.2, 0.25) is 0 Å². The quantitative estimate of drug-likeness (QED) is 0.833. The number of allylic oxidation sites excluding steroid dienone is 2. The summed E-state index contributed by atoms with van der Waals surface area (Å²) in [7, 11) is 1.60. The van der Waals surface area contributed by atoms with Crippen LogP contribution < -0.4 is 10.1 Å². The maximum atomic E-state index is 12.7. The monoisotopic (exact) mass is 344 g/mol. The van der Waals surface area contributed by atoms with Gasteiger partial charge in [0.1, 0.15) is 5.75 Å². The number of fused-ring (bicyclic) bond motifs is 3. The number of carbonyl (C=O) groups is 2. The van der Waals surface area contributed by atoms with Gasteiger partial charge in [0.05, 0.1) is 29.2 Å². The Kier molecular flexibility index (Phi) is 3.53. The highest BCUT2D eigenvalue weighted by molar-refractivity contribution is 7.22. The van der Waals surface area contributed by atoms with Crippen molar-refractivity contribution in [3.05, 3.63) is 30.4 Å². The van der Waals surface area contributed by atoms with E-state index in [4.69, 9.17) is 4.74 Å². The van der Waals surface area contributed by atoms with Crippen molar-refractivity contribution in [2.45, 2.75) is 6.42 Å². The van der Waals surface area contributed by atoms with E-state index in [-0.39, 0.29) is 17.7 Å². The summed E-state index contributed by atoms with van der Waals surface area (Å²) in [4.78, 5) is 28.6. The predicted molar refractivity (Wildman–Crippen MR) is 90.2 cm³/mol. The number of anilines is 1. The number of ether oxygens (including phenoxy) is 1. The van der Waals surface area contributed by atoms with Gasteiger partial charge in [0.2, 0.25) is 5.91 Å². The number of methoxy groups -OCH3 is 1. The Labute approximate surface area is 142 Å². The van der Waals surface area contributed by atoms with Crippen LogP contribution in [0.1, 0.15) is 6.42 Å². The van der Waals surface area contributed by atoms with E-state index in [0.29, 0.717) is 5.13 Å². The van der Waals surface area contributed by atoms with Crippen LogP contribution in [0, 0.1) is 23.7 Å². The molecule has 1 amide bonds. The number of amides is 1. The first kappa shape index (κ1) is 15.1. The van der Waals surface area contributed by atoms with Crippen molar-refractivity contribution in [3.63, 3.8) is 0 Å². The van der Waals surface area contributed by atoms with E-state index in [0.717, 1.165) is 22.4 Å². The number of benzene rings is 1. The van der Waals surface area contributed by atoms with Crippen LogP contribution in [0.5, 0.6) is 5.75 Å². The number of nitrogens with one attached hydrogen (secondary N) is 1. The van der Waals surface area contributed by atoms with Crippen LogP contribution in [0.15, 0.2) is 30.4 Å². The number of thiazole rings is 1. The summed E-state index contributed by atoms with van der Waals surface area (Å²) in [6.45, 7) is 0. The van der Waals surface area contributed by atoms with Crippen LogP contribution in [-0.2, 0) is 9.59 Å². The summed E-state index contributed by atoms with van der Waals surface area (Å²) in [5.74, 6) is -1.64. The molecule has 2 N–H and O–H groups in total. The Morgan fingerprint density at radius 1 is 1.29 bits per heavy atom. The van der Waals surface area contributed by atoms with E-state index >= 15 is 0 Å². The van der Waals surface area contributed by atoms with E-state index in [2.05, 4.69) is 10.3 Å². The zero-order valence-corrected chi connectivity index (χ0v) is 13.7. The number of carbonyl (C=O) groups excluding carboxylic acids is 1. The number of hydrogen-bond acceptors (Lipinski definition) is 5. The molecule has 4 rings (SSSR count). The van der Waals surface area contributed by atoms with Gasteiger partial charge in [-0.3, -0.25) is 9.59 Å². The maximum absolute atomic E-state index is 12.7. The number of nitrogens with zero attached hydrogens (tertiary/aromatic N) is 1. The Balaban J connectivity index is 1.57. The largest absolute Gasteiger partial charge is 0.497 e. The Morgan fingerprint density at radius 3 is 2.75 bits per heavy atom. The van der Waals surface area contributed by atoms with Gasteiger partial charge in [0.25, 0.3) is 0 Å². The van der Waals surface area contributed by atoms with Crippen LogP contribution in [0.4, 0.5) is 5.13 Å². The van der Waals surface area contributed by atoms with Crippen LogP contribution in [0.25, 0.3) is 10.2 Å². The molecule has 4 atom stereocenters. The average Bonchev–Trinajstić information content (AvgIpc) is 3.26. The third-order valence-corrected chi connectivity index (χ3v) is 5.81. The van der Waals surface area contributed by atoms with Crippen molar-refractivity contribution in [2.75, 3.05) is 12.4 Å². The average molecular weight is 344 g/mol. The summed E-state index contributed by atoms with van der Waals surface area (Å²) in [6.07, 6.45) is 4.64. The van der Waals surface area contributed by atoms with E-state index in [1.807, 2.05) is 30.4 Å². The zero-order valence-electron chi connectivity index (χ0n) is 12.9. The standard InChI is InChI=1S/C17H16N2O4S/c1-23-10-4-5-11-12(7-10)24-17(18-11)19-15(20)13-8-2-3-9(6-8)14(13)16(21)22/h2-5,7-9,13-14H,6H2,1H3,(H,21,22)(H,18,19,20). The van der Waals surface area contributed by atoms with E-state index in [1.54, 1.807) is 7.11 Å². The van der Waals surface area contributed by atoms with Gasteiger partial charge in [-0.05, 0) is 36.5 Å². The van der Waals surface area contributed by atoms with Crippen molar-refractivity contribution in [1.29, 1.82) is 0 Å². The molecular weight excluding hydrogens is 328 g/mol. The smallest absolute Gasteiger partial charge is 0.307 e. The second-order valence-electron chi connectivity index (χ2n) is 6.18. The van der Waals surface area contributed by atoms with Gasteiger partial charge in [-0.1, -0.05) is 23.5 Å². The second-order valence-corrected chi connectivity index (χ2v) is 7.21. The molecule has 6 nitrogen and oxygen atoms in total. The molecule has 2 bridgehead atoms. The number of aliphatic carboxylic acids is 1. The number of carboxylic acids is 1. The fourth-order valence-corrected chi connectivity index (χ4v) is 4.69. The number of carboxylic acid groups (broad SMARTS) is 1. The van der Waals surface area contributed by atoms with Gasteiger partial charge >= 0.3 is 5.97 Å². The zero-order chi connectivity index (χ0) is 16.8. The topological polar surface area (TPSA) is 88.5 Å². The lowest BCUT2D eigenvalue weighted by molar-refractivity contribution is -0.146. The molecule has 1 fully saturated rings. The molecule has 7 heteroatoms. The Morgan fingerprint density at radius 2 is 2.04 bits per heavy atom. The number of aromatic nitrogens is 1. The molecule has 1 aromatic heterocycles. The minimum absolute atomic E-state index is 0.00516. The molecule has 0 spiro atoms. The summed E-state index contributed by atoms with van der Waals surface area (Å²) < 4.78 is 6.10. The third-order valence-electron chi connectivity index (χ3n) is 4.87. The summed E-state index contributed by atoms with van der Waals surface area (Å²) in [6, 6.07) is 5.51. The number of rotatable bonds is 4. The lowest BCUT2D eigenvalue weighted by Crippen LogP contribution is -2.36. The van der Waals surface area contributed by atoms with Crippen molar-refractivity contribution in [3.8, 4) is 5.75 Å². The van der Waals surface area contributed by atoms with Crippen molar-refractivity contribution < 1.29 is 19.4 Å². The van der Waals surface area contributed by atoms with Gasteiger partial charge in [-0.15, -0.1) is 0 Å². The van der Waals surface area contributed by atoms with E-state index in [9.17, 15) is 14.7 Å². The summed E-state index contributed by atoms with van der Waals surface area (Å²) in [5, 5.41) is 12.7. The molecule has 0 radical (unpaired) electrons. The summed E-state index contributed by atoms with van der Waals surface area (Å²) >= 11 is 1.36. The first-order valence-corrected chi connectivity index (χ1v) is 8.55. The minimum Gasteiger partial charge on any atom is -0.497 e. The fraction of sp³-hybridized carbons (Fsp3) is 0.353. The van der Waals surface area contributed by atoms with Crippen LogP contribution in [-0.4, -0.2) is 29.1 Å². The van der Waals surface area contributed by atoms with Crippen LogP contribution >= 0.6 is 11.3 Å². The lowest BCUT2D eigenvalue weighted by atomic mass is 9.82. The highest BCUT2D eigenvalue weighted by Crippen LogP contribution is 2.48. The van der Waals surface area contributed by atoms with Gasteiger partial charge in [0, 0.05) is 0 Å². The second kappa shape index (κ2) is 5.59. The van der Waals surface area contributed by atoms with Crippen molar-refractivity contribution in [2.24, 2.45) is 23.7 Å². The molecular formula is C17H16N2O4S. The molecule has 2 aliphatic rings. The molecule has 0 aliphatic heterocycles. The SMILES string of the molecule is COc1ccc2nc(NC(=O)C3C4C=CC(C4)C3C(=O)O)sc2c1. The van der Waals surface area contributed by atoms with Gasteiger partial charge in [-0.25, -0.2) is 4.98 Å². The lowest BCUT2D eigenvalue weighted by Gasteiger charge is -2.23. The summed E-state index contributed by atoms with van der Waals surface area (Å²) in [5.41, 5.74) is 0.777. The highest BCUT2D eigenvalue weighted by Gasteiger charge is 2.51. The molecule has 2 aromatic rings. The van der Waals surface area contributed by atoms with Gasteiger partial charge < -0.3 is 15.2 Å². The number of hydrogen-bond donors (Lipinski definition) is 2. The molecule has 1 aromatic carbocycles. The maximum Gasteiger partial charge on any atom is 0.307 e.